The largest absolute Gasteiger partial charge is 0.368 e. The number of fused-ring (bicyclic) bond motifs is 1. The van der Waals surface area contributed by atoms with Crippen LogP contribution >= 0.6 is 0 Å². The monoisotopic (exact) mass is 269 g/mol. The van der Waals surface area contributed by atoms with Gasteiger partial charge in [0.25, 0.3) is 0 Å². The van der Waals surface area contributed by atoms with Crippen molar-refractivity contribution in [1.29, 1.82) is 0 Å². The molecule has 0 aliphatic heterocycles. The second-order valence-corrected chi connectivity index (χ2v) is 4.48. The van der Waals surface area contributed by atoms with Gasteiger partial charge in [-0.25, -0.2) is 9.37 Å². The first-order valence-electron chi connectivity index (χ1n) is 6.14. The summed E-state index contributed by atoms with van der Waals surface area (Å²) in [5.41, 5.74) is 7.63. The number of hydrogen-bond acceptors (Lipinski definition) is 2. The van der Waals surface area contributed by atoms with E-state index in [2.05, 4.69) is 4.98 Å². The number of imidazole rings is 1. The van der Waals surface area contributed by atoms with E-state index in [4.69, 9.17) is 5.73 Å². The average Bonchev–Trinajstić information content (AvgIpc) is 2.78. The Balaban J connectivity index is 2.23. The Labute approximate surface area is 114 Å². The Kier molecular flexibility index (Phi) is 2.95. The molecule has 20 heavy (non-hydrogen) atoms. The second-order valence-electron chi connectivity index (χ2n) is 4.48. The van der Waals surface area contributed by atoms with E-state index in [1.807, 2.05) is 24.3 Å². The number of carbonyl (C=O) groups is 1. The van der Waals surface area contributed by atoms with E-state index in [0.29, 0.717) is 5.82 Å². The molecule has 0 atom stereocenters. The minimum absolute atomic E-state index is 0.0349. The molecule has 5 heteroatoms. The van der Waals surface area contributed by atoms with Crippen LogP contribution in [0.3, 0.4) is 0 Å². The smallest absolute Gasteiger partial charge is 0.237 e. The predicted molar refractivity (Wildman–Crippen MR) is 74.3 cm³/mol. The summed E-state index contributed by atoms with van der Waals surface area (Å²) in [6, 6.07) is 13.5. The fraction of sp³-hybridized carbons (Fsp3) is 0.0667. The zero-order valence-electron chi connectivity index (χ0n) is 10.6. The minimum Gasteiger partial charge on any atom is -0.368 e. The van der Waals surface area contributed by atoms with E-state index in [-0.39, 0.29) is 12.4 Å². The Hall–Kier alpha value is -2.69. The van der Waals surface area contributed by atoms with Crippen molar-refractivity contribution in [3.8, 4) is 11.4 Å². The van der Waals surface area contributed by atoms with Crippen LogP contribution in [0.5, 0.6) is 0 Å². The lowest BCUT2D eigenvalue weighted by atomic mass is 10.2. The first-order chi connectivity index (χ1) is 9.65. The molecule has 100 valence electrons. The zero-order chi connectivity index (χ0) is 14.1. The Morgan fingerprint density at radius 2 is 1.85 bits per heavy atom. The number of rotatable bonds is 3. The zero-order valence-corrected chi connectivity index (χ0v) is 10.6. The molecule has 1 aromatic heterocycles. The van der Waals surface area contributed by atoms with E-state index in [1.165, 1.54) is 12.1 Å². The lowest BCUT2D eigenvalue weighted by molar-refractivity contribution is -0.118. The number of carbonyl (C=O) groups excluding carboxylic acids is 1. The average molecular weight is 269 g/mol. The summed E-state index contributed by atoms with van der Waals surface area (Å²) >= 11 is 0. The maximum atomic E-state index is 13.0. The summed E-state index contributed by atoms with van der Waals surface area (Å²) < 4.78 is 14.8. The van der Waals surface area contributed by atoms with E-state index in [0.717, 1.165) is 16.6 Å². The van der Waals surface area contributed by atoms with Gasteiger partial charge in [-0.1, -0.05) is 12.1 Å². The normalized spacial score (nSPS) is 10.8. The van der Waals surface area contributed by atoms with Crippen LogP contribution in [0.4, 0.5) is 4.39 Å². The summed E-state index contributed by atoms with van der Waals surface area (Å²) in [6.07, 6.45) is 0. The maximum Gasteiger partial charge on any atom is 0.237 e. The van der Waals surface area contributed by atoms with Crippen molar-refractivity contribution in [2.24, 2.45) is 5.73 Å². The summed E-state index contributed by atoms with van der Waals surface area (Å²) in [6.45, 7) is 0.0349. The molecule has 3 aromatic rings. The number of benzene rings is 2. The standard InChI is InChI=1S/C15H12FN3O/c16-11-7-5-10(6-8-11)15-18-12-3-1-2-4-13(12)19(15)9-14(17)20/h1-8H,9H2,(H2,17,20). The number of para-hydroxylation sites is 2. The van der Waals surface area contributed by atoms with Gasteiger partial charge in [-0.05, 0) is 36.4 Å². The Bertz CT molecular complexity index is 777. The Morgan fingerprint density at radius 3 is 2.55 bits per heavy atom. The molecule has 0 radical (unpaired) electrons. The van der Waals surface area contributed by atoms with Crippen LogP contribution in [0.15, 0.2) is 48.5 Å². The number of amides is 1. The number of hydrogen-bond donors (Lipinski definition) is 1. The molecule has 2 aromatic carbocycles. The molecule has 1 amide bonds. The fourth-order valence-corrected chi connectivity index (χ4v) is 2.21. The Morgan fingerprint density at radius 1 is 1.15 bits per heavy atom. The molecule has 0 saturated carbocycles. The van der Waals surface area contributed by atoms with E-state index >= 15 is 0 Å². The number of nitrogens with zero attached hydrogens (tertiary/aromatic N) is 2. The molecule has 0 spiro atoms. The summed E-state index contributed by atoms with van der Waals surface area (Å²) in [5.74, 6) is -0.159. The predicted octanol–water partition coefficient (Wildman–Crippen LogP) is 2.33. The first-order valence-corrected chi connectivity index (χ1v) is 6.14. The summed E-state index contributed by atoms with van der Waals surface area (Å²) in [4.78, 5) is 15.8. The SMILES string of the molecule is NC(=O)Cn1c(-c2ccc(F)cc2)nc2ccccc21. The van der Waals surface area contributed by atoms with Crippen LogP contribution in [-0.2, 0) is 11.3 Å². The van der Waals surface area contributed by atoms with Gasteiger partial charge in [0, 0.05) is 5.56 Å². The molecular formula is C15H12FN3O. The van der Waals surface area contributed by atoms with Crippen molar-refractivity contribution in [3.05, 3.63) is 54.3 Å². The van der Waals surface area contributed by atoms with Gasteiger partial charge in [-0.15, -0.1) is 0 Å². The highest BCUT2D eigenvalue weighted by Crippen LogP contribution is 2.24. The number of nitrogens with two attached hydrogens (primary N) is 1. The van der Waals surface area contributed by atoms with E-state index < -0.39 is 5.91 Å². The first kappa shape index (κ1) is 12.3. The third-order valence-electron chi connectivity index (χ3n) is 3.07. The second kappa shape index (κ2) is 4.77. The van der Waals surface area contributed by atoms with Crippen molar-refractivity contribution in [2.75, 3.05) is 0 Å². The van der Waals surface area contributed by atoms with Crippen LogP contribution in [0.1, 0.15) is 0 Å². The highest BCUT2D eigenvalue weighted by atomic mass is 19.1. The molecule has 0 unspecified atom stereocenters. The third-order valence-corrected chi connectivity index (χ3v) is 3.07. The number of halogens is 1. The fourth-order valence-electron chi connectivity index (χ4n) is 2.21. The van der Waals surface area contributed by atoms with Gasteiger partial charge in [0.1, 0.15) is 18.2 Å². The molecule has 0 aliphatic rings. The van der Waals surface area contributed by atoms with Gasteiger partial charge < -0.3 is 10.3 Å². The van der Waals surface area contributed by atoms with Gasteiger partial charge in [0.15, 0.2) is 0 Å². The highest BCUT2D eigenvalue weighted by Gasteiger charge is 2.13. The van der Waals surface area contributed by atoms with Crippen molar-refractivity contribution < 1.29 is 9.18 Å². The van der Waals surface area contributed by atoms with Crippen molar-refractivity contribution >= 4 is 16.9 Å². The molecule has 2 N–H and O–H groups in total. The summed E-state index contributed by atoms with van der Waals surface area (Å²) in [7, 11) is 0. The van der Waals surface area contributed by atoms with Crippen LogP contribution in [-0.4, -0.2) is 15.5 Å². The van der Waals surface area contributed by atoms with Gasteiger partial charge in [0.05, 0.1) is 11.0 Å². The minimum atomic E-state index is -0.448. The lowest BCUT2D eigenvalue weighted by Crippen LogP contribution is -2.19. The van der Waals surface area contributed by atoms with Crippen molar-refractivity contribution in [1.82, 2.24) is 9.55 Å². The molecule has 0 aliphatic carbocycles. The summed E-state index contributed by atoms with van der Waals surface area (Å²) in [5, 5.41) is 0. The molecule has 3 rings (SSSR count). The topological polar surface area (TPSA) is 60.9 Å². The van der Waals surface area contributed by atoms with E-state index in [9.17, 15) is 9.18 Å². The molecule has 4 nitrogen and oxygen atoms in total. The van der Waals surface area contributed by atoms with Gasteiger partial charge in [-0.3, -0.25) is 4.79 Å². The highest BCUT2D eigenvalue weighted by molar-refractivity contribution is 5.83. The molecular weight excluding hydrogens is 257 g/mol. The van der Waals surface area contributed by atoms with Crippen LogP contribution in [0.25, 0.3) is 22.4 Å². The molecule has 0 fully saturated rings. The maximum absolute atomic E-state index is 13.0. The molecule has 0 bridgehead atoms. The van der Waals surface area contributed by atoms with Crippen LogP contribution in [0.2, 0.25) is 0 Å². The van der Waals surface area contributed by atoms with Gasteiger partial charge in [0.2, 0.25) is 5.91 Å². The van der Waals surface area contributed by atoms with E-state index in [1.54, 1.807) is 16.7 Å². The van der Waals surface area contributed by atoms with Crippen LogP contribution < -0.4 is 5.73 Å². The van der Waals surface area contributed by atoms with Crippen molar-refractivity contribution in [2.45, 2.75) is 6.54 Å². The number of aromatic nitrogens is 2. The van der Waals surface area contributed by atoms with Crippen molar-refractivity contribution in [3.63, 3.8) is 0 Å². The van der Waals surface area contributed by atoms with Gasteiger partial charge in [-0.2, -0.15) is 0 Å². The molecule has 0 saturated heterocycles. The third kappa shape index (κ3) is 2.14. The van der Waals surface area contributed by atoms with Gasteiger partial charge >= 0.3 is 0 Å². The van der Waals surface area contributed by atoms with Crippen LogP contribution in [0, 0.1) is 5.82 Å². The lowest BCUT2D eigenvalue weighted by Gasteiger charge is -2.06. The number of primary amides is 1. The quantitative estimate of drug-likeness (QED) is 0.793. The molecule has 1 heterocycles.